The van der Waals surface area contributed by atoms with E-state index in [-0.39, 0.29) is 5.82 Å². The van der Waals surface area contributed by atoms with Gasteiger partial charge in [0, 0.05) is 11.1 Å². The lowest BCUT2D eigenvalue weighted by Crippen LogP contribution is -1.79. The highest BCUT2D eigenvalue weighted by atomic mass is 35.5. The van der Waals surface area contributed by atoms with Gasteiger partial charge in [-0.1, -0.05) is 35.9 Å². The van der Waals surface area contributed by atoms with Crippen LogP contribution in [0.2, 0.25) is 5.02 Å². The number of rotatable bonds is 1. The van der Waals surface area contributed by atoms with E-state index in [2.05, 4.69) is 6.07 Å². The van der Waals surface area contributed by atoms with Gasteiger partial charge in [-0.3, -0.25) is 0 Å². The third-order valence-electron chi connectivity index (χ3n) is 1.94. The fourth-order valence-electron chi connectivity index (χ4n) is 1.26. The minimum Gasteiger partial charge on any atom is -0.206 e. The minimum absolute atomic E-state index is 0.350. The predicted octanol–water partition coefficient (Wildman–Crippen LogP) is 3.95. The zero-order valence-electron chi connectivity index (χ0n) is 7.30. The third kappa shape index (κ3) is 1.94. The smallest absolute Gasteiger partial charge is 0.131 e. The van der Waals surface area contributed by atoms with Crippen molar-refractivity contribution in [1.29, 1.82) is 0 Å². The van der Waals surface area contributed by atoms with Crippen molar-refractivity contribution >= 4 is 11.6 Å². The van der Waals surface area contributed by atoms with Gasteiger partial charge in [-0.2, -0.15) is 0 Å². The molecular weight excluding hydrogens is 199 g/mol. The summed E-state index contributed by atoms with van der Waals surface area (Å²) in [5.74, 6) is -0.350. The van der Waals surface area contributed by atoms with Crippen molar-refractivity contribution in [3.8, 4) is 11.1 Å². The summed E-state index contributed by atoms with van der Waals surface area (Å²) in [5.41, 5.74) is 1.78. The quantitative estimate of drug-likeness (QED) is 0.662. The molecule has 0 spiro atoms. The van der Waals surface area contributed by atoms with Crippen molar-refractivity contribution in [3.63, 3.8) is 0 Å². The zero-order chi connectivity index (χ0) is 9.97. The van der Waals surface area contributed by atoms with Gasteiger partial charge in [0.25, 0.3) is 0 Å². The summed E-state index contributed by atoms with van der Waals surface area (Å²) in [6.07, 6.45) is 0. The number of benzene rings is 2. The Kier molecular flexibility index (Phi) is 2.51. The summed E-state index contributed by atoms with van der Waals surface area (Å²) in [6, 6.07) is 14.6. The second kappa shape index (κ2) is 3.81. The lowest BCUT2D eigenvalue weighted by Gasteiger charge is -2.00. The van der Waals surface area contributed by atoms with Gasteiger partial charge in [-0.25, -0.2) is 4.39 Å². The Morgan fingerprint density at radius 3 is 2.36 bits per heavy atom. The van der Waals surface area contributed by atoms with Gasteiger partial charge in [0.1, 0.15) is 5.82 Å². The van der Waals surface area contributed by atoms with Gasteiger partial charge in [0.15, 0.2) is 0 Å². The predicted molar refractivity (Wildman–Crippen MR) is 55.7 cm³/mol. The highest BCUT2D eigenvalue weighted by Gasteiger charge is 1.98. The molecular formula is C12H7ClF. The SMILES string of the molecule is Fc1[c]ccc(-c2ccc(Cl)cc2)c1. The molecule has 1 radical (unpaired) electrons. The second-order valence-corrected chi connectivity index (χ2v) is 3.37. The maximum atomic E-state index is 12.9. The largest absolute Gasteiger partial charge is 0.206 e. The Morgan fingerprint density at radius 1 is 1.00 bits per heavy atom. The van der Waals surface area contributed by atoms with Crippen LogP contribution in [0.15, 0.2) is 42.5 Å². The molecule has 69 valence electrons. The van der Waals surface area contributed by atoms with Crippen molar-refractivity contribution in [2.75, 3.05) is 0 Å². The molecule has 0 atom stereocenters. The van der Waals surface area contributed by atoms with Crippen LogP contribution in [0.5, 0.6) is 0 Å². The molecule has 0 N–H and O–H groups in total. The summed E-state index contributed by atoms with van der Waals surface area (Å²) in [4.78, 5) is 0. The summed E-state index contributed by atoms with van der Waals surface area (Å²) in [6.45, 7) is 0. The highest BCUT2D eigenvalue weighted by Crippen LogP contribution is 2.21. The first kappa shape index (κ1) is 9.22. The Balaban J connectivity index is 2.44. The highest BCUT2D eigenvalue weighted by molar-refractivity contribution is 6.30. The average Bonchev–Trinajstić information content (AvgIpc) is 2.19. The molecule has 2 rings (SSSR count). The lowest BCUT2D eigenvalue weighted by atomic mass is 10.1. The summed E-state index contributed by atoms with van der Waals surface area (Å²) in [7, 11) is 0. The molecule has 0 aromatic heterocycles. The molecule has 0 heterocycles. The molecule has 0 saturated heterocycles. The van der Waals surface area contributed by atoms with Crippen LogP contribution in [-0.4, -0.2) is 0 Å². The summed E-state index contributed by atoms with van der Waals surface area (Å²) < 4.78 is 12.9. The first-order chi connectivity index (χ1) is 6.75. The average molecular weight is 206 g/mol. The van der Waals surface area contributed by atoms with Crippen LogP contribution in [0.25, 0.3) is 11.1 Å². The van der Waals surface area contributed by atoms with Gasteiger partial charge >= 0.3 is 0 Å². The van der Waals surface area contributed by atoms with E-state index in [9.17, 15) is 4.39 Å². The molecule has 0 nitrogen and oxygen atoms in total. The summed E-state index contributed by atoms with van der Waals surface area (Å²) in [5, 5.41) is 0.678. The topological polar surface area (TPSA) is 0 Å². The van der Waals surface area contributed by atoms with Crippen LogP contribution in [0, 0.1) is 11.9 Å². The van der Waals surface area contributed by atoms with Crippen LogP contribution in [0.3, 0.4) is 0 Å². The normalized spacial score (nSPS) is 10.1. The molecule has 0 aliphatic rings. The van der Waals surface area contributed by atoms with E-state index in [0.717, 1.165) is 11.1 Å². The Morgan fingerprint density at radius 2 is 1.71 bits per heavy atom. The molecule has 2 aromatic carbocycles. The molecule has 0 amide bonds. The minimum atomic E-state index is -0.350. The number of hydrogen-bond donors (Lipinski definition) is 0. The number of halogens is 2. The van der Waals surface area contributed by atoms with Crippen molar-refractivity contribution < 1.29 is 4.39 Å². The standard InChI is InChI=1S/C12H7ClF/c13-11-6-4-9(5-7-11)10-2-1-3-12(14)8-10/h1-2,4-8H. The molecule has 2 aromatic rings. The molecule has 0 bridgehead atoms. The monoisotopic (exact) mass is 205 g/mol. The van der Waals surface area contributed by atoms with E-state index in [4.69, 9.17) is 11.6 Å². The first-order valence-corrected chi connectivity index (χ1v) is 4.57. The Labute approximate surface area is 87.0 Å². The Bertz CT molecular complexity index is 434. The van der Waals surface area contributed by atoms with Crippen molar-refractivity contribution in [1.82, 2.24) is 0 Å². The number of hydrogen-bond acceptors (Lipinski definition) is 0. The summed E-state index contributed by atoms with van der Waals surface area (Å²) >= 11 is 5.75. The fraction of sp³-hybridized carbons (Fsp3) is 0. The second-order valence-electron chi connectivity index (χ2n) is 2.93. The van der Waals surface area contributed by atoms with Gasteiger partial charge in [-0.05, 0) is 29.3 Å². The maximum absolute atomic E-state index is 12.9. The Hall–Kier alpha value is -1.34. The first-order valence-electron chi connectivity index (χ1n) is 4.19. The van der Waals surface area contributed by atoms with E-state index in [1.807, 2.05) is 18.2 Å². The molecule has 14 heavy (non-hydrogen) atoms. The van der Waals surface area contributed by atoms with Crippen LogP contribution in [-0.2, 0) is 0 Å². The molecule has 0 aliphatic heterocycles. The van der Waals surface area contributed by atoms with Crippen LogP contribution in [0.4, 0.5) is 4.39 Å². The molecule has 0 unspecified atom stereocenters. The van der Waals surface area contributed by atoms with E-state index >= 15 is 0 Å². The zero-order valence-corrected chi connectivity index (χ0v) is 8.05. The van der Waals surface area contributed by atoms with Crippen molar-refractivity contribution in [2.24, 2.45) is 0 Å². The van der Waals surface area contributed by atoms with Gasteiger partial charge in [0.2, 0.25) is 0 Å². The lowest BCUT2D eigenvalue weighted by molar-refractivity contribution is 0.626. The van der Waals surface area contributed by atoms with E-state index in [1.165, 1.54) is 6.07 Å². The van der Waals surface area contributed by atoms with Gasteiger partial charge in [0.05, 0.1) is 0 Å². The van der Waals surface area contributed by atoms with Crippen LogP contribution in [0.1, 0.15) is 0 Å². The molecule has 0 aliphatic carbocycles. The molecule has 0 saturated carbocycles. The van der Waals surface area contributed by atoms with E-state index < -0.39 is 0 Å². The molecule has 2 heteroatoms. The van der Waals surface area contributed by atoms with E-state index in [0.29, 0.717) is 5.02 Å². The van der Waals surface area contributed by atoms with Crippen LogP contribution >= 0.6 is 11.6 Å². The van der Waals surface area contributed by atoms with Crippen LogP contribution < -0.4 is 0 Å². The van der Waals surface area contributed by atoms with E-state index in [1.54, 1.807) is 18.2 Å². The van der Waals surface area contributed by atoms with Crippen molar-refractivity contribution in [3.05, 3.63) is 59.4 Å². The third-order valence-corrected chi connectivity index (χ3v) is 2.20. The van der Waals surface area contributed by atoms with Crippen molar-refractivity contribution in [2.45, 2.75) is 0 Å². The van der Waals surface area contributed by atoms with Gasteiger partial charge < -0.3 is 0 Å². The fourth-order valence-corrected chi connectivity index (χ4v) is 1.39. The molecule has 0 fully saturated rings. The maximum Gasteiger partial charge on any atom is 0.131 e. The van der Waals surface area contributed by atoms with Gasteiger partial charge in [-0.15, -0.1) is 0 Å².